The summed E-state index contributed by atoms with van der Waals surface area (Å²) in [4.78, 5) is 0. The maximum Gasteiger partial charge on any atom is -0.0162 e. The van der Waals surface area contributed by atoms with Gasteiger partial charge in [-0.15, -0.1) is 0 Å². The van der Waals surface area contributed by atoms with Gasteiger partial charge in [-0.05, 0) is 79.4 Å². The summed E-state index contributed by atoms with van der Waals surface area (Å²) in [5, 5.41) is 0. The van der Waals surface area contributed by atoms with Crippen molar-refractivity contribution in [1.82, 2.24) is 0 Å². The van der Waals surface area contributed by atoms with Crippen molar-refractivity contribution < 1.29 is 0 Å². The highest BCUT2D eigenvalue weighted by Crippen LogP contribution is 2.39. The predicted molar refractivity (Wildman–Crippen MR) is 129 cm³/mol. The molecule has 1 aromatic carbocycles. The van der Waals surface area contributed by atoms with Gasteiger partial charge in [0.15, 0.2) is 0 Å². The largest absolute Gasteiger partial charge is 0.0804 e. The quantitative estimate of drug-likeness (QED) is 0.328. The molecule has 1 fully saturated rings. The van der Waals surface area contributed by atoms with Gasteiger partial charge in [-0.1, -0.05) is 102 Å². The monoisotopic (exact) mass is 394 g/mol. The van der Waals surface area contributed by atoms with Crippen LogP contribution in [0, 0.1) is 11.8 Å². The molecule has 0 aromatic heterocycles. The first kappa shape index (κ1) is 22.6. The number of hydrogen-bond donors (Lipinski definition) is 0. The summed E-state index contributed by atoms with van der Waals surface area (Å²) in [6, 6.07) is 9.76. The van der Waals surface area contributed by atoms with E-state index >= 15 is 0 Å². The first-order chi connectivity index (χ1) is 14.3. The van der Waals surface area contributed by atoms with E-state index in [2.05, 4.69) is 44.2 Å². The van der Waals surface area contributed by atoms with Gasteiger partial charge in [-0.25, -0.2) is 0 Å². The van der Waals surface area contributed by atoms with Crippen molar-refractivity contribution in [1.29, 1.82) is 0 Å². The molecule has 3 rings (SSSR count). The highest BCUT2D eigenvalue weighted by molar-refractivity contribution is 5.66. The SMILES string of the molecule is CCCCCCC1CCC(c2ccc(C3=CCC(CCCCC)CC3)cc2)CC1. The van der Waals surface area contributed by atoms with Crippen molar-refractivity contribution in [2.75, 3.05) is 0 Å². The van der Waals surface area contributed by atoms with Crippen molar-refractivity contribution in [3.63, 3.8) is 0 Å². The van der Waals surface area contributed by atoms with Crippen LogP contribution in [0.4, 0.5) is 0 Å². The molecule has 0 bridgehead atoms. The van der Waals surface area contributed by atoms with E-state index in [9.17, 15) is 0 Å². The Morgan fingerprint density at radius 2 is 1.34 bits per heavy atom. The van der Waals surface area contributed by atoms with Crippen LogP contribution in [0.1, 0.15) is 134 Å². The van der Waals surface area contributed by atoms with E-state index < -0.39 is 0 Å². The van der Waals surface area contributed by atoms with E-state index in [0.29, 0.717) is 0 Å². The molecular formula is C29H46. The van der Waals surface area contributed by atoms with Gasteiger partial charge in [0.25, 0.3) is 0 Å². The molecule has 0 heteroatoms. The Morgan fingerprint density at radius 1 is 0.690 bits per heavy atom. The third-order valence-electron chi connectivity index (χ3n) is 7.80. The summed E-state index contributed by atoms with van der Waals surface area (Å²) >= 11 is 0. The van der Waals surface area contributed by atoms with Gasteiger partial charge in [0.1, 0.15) is 0 Å². The fraction of sp³-hybridized carbons (Fsp3) is 0.724. The summed E-state index contributed by atoms with van der Waals surface area (Å²) < 4.78 is 0. The molecule has 1 unspecified atom stereocenters. The van der Waals surface area contributed by atoms with Gasteiger partial charge in [0.05, 0.1) is 0 Å². The summed E-state index contributed by atoms with van der Waals surface area (Å²) in [6.07, 6.45) is 25.1. The molecule has 0 amide bonds. The number of rotatable bonds is 11. The molecule has 162 valence electrons. The predicted octanol–water partition coefficient (Wildman–Crippen LogP) is 9.69. The lowest BCUT2D eigenvalue weighted by molar-refractivity contribution is 0.302. The van der Waals surface area contributed by atoms with E-state index in [4.69, 9.17) is 0 Å². The molecule has 0 heterocycles. The van der Waals surface area contributed by atoms with Crippen LogP contribution in [0.5, 0.6) is 0 Å². The van der Waals surface area contributed by atoms with Gasteiger partial charge in [0.2, 0.25) is 0 Å². The Kier molecular flexibility index (Phi) is 9.84. The Morgan fingerprint density at radius 3 is 2.00 bits per heavy atom. The Labute approximate surface area is 181 Å². The highest BCUT2D eigenvalue weighted by Gasteiger charge is 2.22. The van der Waals surface area contributed by atoms with Crippen LogP contribution in [0.2, 0.25) is 0 Å². The van der Waals surface area contributed by atoms with E-state index in [-0.39, 0.29) is 0 Å². The van der Waals surface area contributed by atoms with E-state index in [0.717, 1.165) is 17.8 Å². The minimum atomic E-state index is 0.819. The van der Waals surface area contributed by atoms with Crippen molar-refractivity contribution in [2.24, 2.45) is 11.8 Å². The van der Waals surface area contributed by atoms with Crippen LogP contribution < -0.4 is 0 Å². The van der Waals surface area contributed by atoms with Crippen molar-refractivity contribution >= 4 is 5.57 Å². The lowest BCUT2D eigenvalue weighted by Crippen LogP contribution is -2.13. The minimum Gasteiger partial charge on any atom is -0.0804 e. The van der Waals surface area contributed by atoms with Gasteiger partial charge < -0.3 is 0 Å². The number of allylic oxidation sites excluding steroid dienone is 2. The fourth-order valence-corrected chi connectivity index (χ4v) is 5.71. The summed E-state index contributed by atoms with van der Waals surface area (Å²) in [6.45, 7) is 4.62. The molecule has 2 aliphatic rings. The van der Waals surface area contributed by atoms with Gasteiger partial charge in [-0.3, -0.25) is 0 Å². The highest BCUT2D eigenvalue weighted by atomic mass is 14.3. The normalized spacial score (nSPS) is 25.0. The Bertz CT molecular complexity index is 585. The summed E-state index contributed by atoms with van der Waals surface area (Å²) in [5.41, 5.74) is 4.71. The topological polar surface area (TPSA) is 0 Å². The first-order valence-electron chi connectivity index (χ1n) is 13.1. The third-order valence-corrected chi connectivity index (χ3v) is 7.80. The van der Waals surface area contributed by atoms with Crippen LogP contribution in [0.25, 0.3) is 5.57 Å². The number of hydrogen-bond acceptors (Lipinski definition) is 0. The maximum atomic E-state index is 2.55. The lowest BCUT2D eigenvalue weighted by atomic mass is 9.76. The van der Waals surface area contributed by atoms with Crippen LogP contribution in [0.15, 0.2) is 30.3 Å². The maximum absolute atomic E-state index is 2.55. The molecule has 0 nitrogen and oxygen atoms in total. The second-order valence-electron chi connectivity index (χ2n) is 10.1. The standard InChI is InChI=1S/C29H46/c1-3-5-7-9-11-25-14-18-27(19-15-25)29-22-20-28(21-23-29)26-16-12-24(13-17-26)10-8-6-4-2/h16,20-25,27H,3-15,17-19H2,1-2H3. The smallest absolute Gasteiger partial charge is 0.0162 e. The van der Waals surface area contributed by atoms with Crippen molar-refractivity contribution in [3.8, 4) is 0 Å². The molecule has 0 saturated heterocycles. The van der Waals surface area contributed by atoms with E-state index in [1.165, 1.54) is 108 Å². The van der Waals surface area contributed by atoms with E-state index in [1.54, 1.807) is 11.1 Å². The van der Waals surface area contributed by atoms with Crippen LogP contribution >= 0.6 is 0 Å². The van der Waals surface area contributed by atoms with Crippen LogP contribution in [-0.4, -0.2) is 0 Å². The molecule has 1 saturated carbocycles. The fourth-order valence-electron chi connectivity index (χ4n) is 5.71. The van der Waals surface area contributed by atoms with Gasteiger partial charge in [0, 0.05) is 0 Å². The first-order valence-corrected chi connectivity index (χ1v) is 13.1. The number of benzene rings is 1. The molecule has 1 atom stereocenters. The lowest BCUT2D eigenvalue weighted by Gasteiger charge is -2.29. The summed E-state index contributed by atoms with van der Waals surface area (Å²) in [7, 11) is 0. The molecule has 0 radical (unpaired) electrons. The zero-order valence-corrected chi connectivity index (χ0v) is 19.4. The van der Waals surface area contributed by atoms with E-state index in [1.807, 2.05) is 0 Å². The zero-order chi connectivity index (χ0) is 20.3. The number of unbranched alkanes of at least 4 members (excludes halogenated alkanes) is 5. The van der Waals surface area contributed by atoms with Crippen LogP contribution in [-0.2, 0) is 0 Å². The Balaban J connectivity index is 1.43. The molecule has 1 aromatic rings. The van der Waals surface area contributed by atoms with Crippen LogP contribution in [0.3, 0.4) is 0 Å². The molecule has 29 heavy (non-hydrogen) atoms. The average Bonchev–Trinajstić information content (AvgIpc) is 2.78. The molecular weight excluding hydrogens is 348 g/mol. The third kappa shape index (κ3) is 7.30. The average molecular weight is 395 g/mol. The van der Waals surface area contributed by atoms with Gasteiger partial charge >= 0.3 is 0 Å². The molecule has 0 aliphatic heterocycles. The summed E-state index contributed by atoms with van der Waals surface area (Å²) in [5.74, 6) is 2.78. The molecule has 0 spiro atoms. The molecule has 2 aliphatic carbocycles. The second-order valence-corrected chi connectivity index (χ2v) is 10.1. The van der Waals surface area contributed by atoms with Crippen molar-refractivity contribution in [3.05, 3.63) is 41.5 Å². The second kappa shape index (κ2) is 12.6. The van der Waals surface area contributed by atoms with Crippen molar-refractivity contribution in [2.45, 2.75) is 122 Å². The molecule has 0 N–H and O–H groups in total. The minimum absolute atomic E-state index is 0.819. The zero-order valence-electron chi connectivity index (χ0n) is 19.4. The Hall–Kier alpha value is -1.04. The van der Waals surface area contributed by atoms with Gasteiger partial charge in [-0.2, -0.15) is 0 Å².